The van der Waals surface area contributed by atoms with Crippen LogP contribution in [-0.4, -0.2) is 14.8 Å². The van der Waals surface area contributed by atoms with Crippen LogP contribution in [0.3, 0.4) is 0 Å². The van der Waals surface area contributed by atoms with E-state index in [1.165, 1.54) is 11.4 Å². The van der Waals surface area contributed by atoms with Gasteiger partial charge in [-0.25, -0.2) is 0 Å². The van der Waals surface area contributed by atoms with Gasteiger partial charge in [-0.2, -0.15) is 0 Å². The molecule has 0 amide bonds. The Morgan fingerprint density at radius 1 is 1.42 bits per heavy atom. The van der Waals surface area contributed by atoms with E-state index in [4.69, 9.17) is 4.52 Å². The van der Waals surface area contributed by atoms with Gasteiger partial charge in [0.25, 0.3) is 0 Å². The molecule has 0 saturated heterocycles. The summed E-state index contributed by atoms with van der Waals surface area (Å²) < 4.78 is 7.53. The Bertz CT molecular complexity index is 590. The van der Waals surface area contributed by atoms with E-state index in [0.717, 1.165) is 48.4 Å². The van der Waals surface area contributed by atoms with Crippen molar-refractivity contribution in [2.75, 3.05) is 0 Å². The van der Waals surface area contributed by atoms with Crippen LogP contribution in [0.4, 0.5) is 0 Å². The predicted molar refractivity (Wildman–Crippen MR) is 72.1 cm³/mol. The second-order valence-corrected chi connectivity index (χ2v) is 5.48. The van der Waals surface area contributed by atoms with Crippen LogP contribution in [0, 0.1) is 20.8 Å². The number of hydrogen-bond acceptors (Lipinski definition) is 3. The van der Waals surface area contributed by atoms with E-state index in [2.05, 4.69) is 22.7 Å². The zero-order valence-electron chi connectivity index (χ0n) is 11.7. The van der Waals surface area contributed by atoms with Crippen LogP contribution in [0.25, 0.3) is 0 Å². The van der Waals surface area contributed by atoms with Crippen molar-refractivity contribution in [3.8, 4) is 0 Å². The maximum Gasteiger partial charge on any atom is 0.138 e. The summed E-state index contributed by atoms with van der Waals surface area (Å²) in [5.74, 6) is 0.885. The Hall–Kier alpha value is -1.55. The molecule has 1 aliphatic carbocycles. The monoisotopic (exact) mass is 260 g/mol. The summed E-state index contributed by atoms with van der Waals surface area (Å²) in [6.45, 7) is 6.82. The van der Waals surface area contributed by atoms with Gasteiger partial charge in [-0.3, -0.25) is 0 Å². The fraction of sp³-hybridized carbons (Fsp3) is 0.533. The van der Waals surface area contributed by atoms with Gasteiger partial charge in [0.1, 0.15) is 5.76 Å². The van der Waals surface area contributed by atoms with E-state index in [-0.39, 0.29) is 6.10 Å². The SMILES string of the molecule is Cc1noc(C)c1Cn1c(C)cc2c1CCCC2O. The van der Waals surface area contributed by atoms with Crippen LogP contribution in [0.2, 0.25) is 0 Å². The highest BCUT2D eigenvalue weighted by Gasteiger charge is 2.24. The van der Waals surface area contributed by atoms with Gasteiger partial charge in [0.15, 0.2) is 0 Å². The zero-order chi connectivity index (χ0) is 13.6. The third-order valence-corrected chi connectivity index (χ3v) is 4.20. The van der Waals surface area contributed by atoms with E-state index in [9.17, 15) is 5.11 Å². The number of nitrogens with zero attached hydrogens (tertiary/aromatic N) is 2. The van der Waals surface area contributed by atoms with Crippen molar-refractivity contribution in [2.45, 2.75) is 52.7 Å². The van der Waals surface area contributed by atoms with Crippen LogP contribution in [0.5, 0.6) is 0 Å². The maximum absolute atomic E-state index is 10.1. The molecule has 0 aliphatic heterocycles. The van der Waals surface area contributed by atoms with Crippen LogP contribution in [0.1, 0.15) is 52.9 Å². The first kappa shape index (κ1) is 12.5. The highest BCUT2D eigenvalue weighted by Crippen LogP contribution is 2.33. The molecule has 4 heteroatoms. The molecule has 0 aromatic carbocycles. The number of fused-ring (bicyclic) bond motifs is 1. The molecule has 1 N–H and O–H groups in total. The number of aliphatic hydroxyl groups excluding tert-OH is 1. The summed E-state index contributed by atoms with van der Waals surface area (Å²) >= 11 is 0. The van der Waals surface area contributed by atoms with Crippen molar-refractivity contribution in [2.24, 2.45) is 0 Å². The van der Waals surface area contributed by atoms with Gasteiger partial charge in [-0.05, 0) is 46.1 Å². The molecule has 1 aliphatic rings. The largest absolute Gasteiger partial charge is 0.388 e. The van der Waals surface area contributed by atoms with E-state index >= 15 is 0 Å². The second kappa shape index (κ2) is 4.53. The molecule has 2 aromatic rings. The highest BCUT2D eigenvalue weighted by molar-refractivity contribution is 5.33. The molecule has 0 spiro atoms. The quantitative estimate of drug-likeness (QED) is 0.903. The smallest absolute Gasteiger partial charge is 0.138 e. The average Bonchev–Trinajstić information content (AvgIpc) is 2.86. The van der Waals surface area contributed by atoms with Gasteiger partial charge >= 0.3 is 0 Å². The Morgan fingerprint density at radius 2 is 2.21 bits per heavy atom. The summed E-state index contributed by atoms with van der Waals surface area (Å²) in [7, 11) is 0. The number of aromatic nitrogens is 2. The molecule has 1 unspecified atom stereocenters. The standard InChI is InChI=1S/C15H20N2O2/c1-9-7-12-14(5-4-6-15(12)18)17(9)8-13-10(2)16-19-11(13)3/h7,15,18H,4-6,8H2,1-3H3. The first-order valence-electron chi connectivity index (χ1n) is 6.86. The fourth-order valence-electron chi connectivity index (χ4n) is 3.05. The lowest BCUT2D eigenvalue weighted by Crippen LogP contribution is -2.13. The topological polar surface area (TPSA) is 51.2 Å². The highest BCUT2D eigenvalue weighted by atomic mass is 16.5. The van der Waals surface area contributed by atoms with Crippen molar-refractivity contribution >= 4 is 0 Å². The molecule has 0 fully saturated rings. The van der Waals surface area contributed by atoms with E-state index < -0.39 is 0 Å². The molecule has 2 aromatic heterocycles. The number of aryl methyl sites for hydroxylation is 3. The van der Waals surface area contributed by atoms with Crippen LogP contribution in [0.15, 0.2) is 10.6 Å². The van der Waals surface area contributed by atoms with Gasteiger partial charge in [0, 0.05) is 22.5 Å². The summed E-state index contributed by atoms with van der Waals surface area (Å²) in [6, 6.07) is 2.12. The van der Waals surface area contributed by atoms with Crippen LogP contribution >= 0.6 is 0 Å². The molecule has 102 valence electrons. The number of rotatable bonds is 2. The summed E-state index contributed by atoms with van der Waals surface area (Å²) in [4.78, 5) is 0. The molecule has 0 bridgehead atoms. The minimum atomic E-state index is -0.298. The van der Waals surface area contributed by atoms with E-state index in [0.29, 0.717) is 0 Å². The Morgan fingerprint density at radius 3 is 2.89 bits per heavy atom. The lowest BCUT2D eigenvalue weighted by Gasteiger charge is -2.20. The van der Waals surface area contributed by atoms with Crippen molar-refractivity contribution in [1.29, 1.82) is 0 Å². The van der Waals surface area contributed by atoms with Crippen molar-refractivity contribution in [3.05, 3.63) is 40.0 Å². The molecule has 19 heavy (non-hydrogen) atoms. The summed E-state index contributed by atoms with van der Waals surface area (Å²) in [5, 5.41) is 14.1. The van der Waals surface area contributed by atoms with Crippen molar-refractivity contribution in [1.82, 2.24) is 9.72 Å². The predicted octanol–water partition coefficient (Wildman–Crippen LogP) is 2.82. The molecule has 0 radical (unpaired) electrons. The summed E-state index contributed by atoms with van der Waals surface area (Å²) in [6.07, 6.45) is 2.68. The summed E-state index contributed by atoms with van der Waals surface area (Å²) in [5.41, 5.74) is 5.69. The first-order chi connectivity index (χ1) is 9.08. The zero-order valence-corrected chi connectivity index (χ0v) is 11.7. The van der Waals surface area contributed by atoms with Gasteiger partial charge in [-0.15, -0.1) is 0 Å². The molecule has 3 rings (SSSR count). The van der Waals surface area contributed by atoms with Gasteiger partial charge in [0.2, 0.25) is 0 Å². The fourth-order valence-corrected chi connectivity index (χ4v) is 3.05. The van der Waals surface area contributed by atoms with E-state index in [1.807, 2.05) is 13.8 Å². The van der Waals surface area contributed by atoms with Gasteiger partial charge in [0.05, 0.1) is 18.3 Å². The molecule has 0 saturated carbocycles. The lowest BCUT2D eigenvalue weighted by molar-refractivity contribution is 0.156. The molecule has 1 atom stereocenters. The lowest BCUT2D eigenvalue weighted by atomic mass is 9.95. The molecule has 2 heterocycles. The Kier molecular flexibility index (Phi) is 2.97. The minimum Gasteiger partial charge on any atom is -0.388 e. The first-order valence-corrected chi connectivity index (χ1v) is 6.86. The second-order valence-electron chi connectivity index (χ2n) is 5.48. The Labute approximate surface area is 113 Å². The molecule has 4 nitrogen and oxygen atoms in total. The van der Waals surface area contributed by atoms with Crippen LogP contribution < -0.4 is 0 Å². The minimum absolute atomic E-state index is 0.298. The Balaban J connectivity index is 2.02. The third kappa shape index (κ3) is 2.00. The van der Waals surface area contributed by atoms with Crippen molar-refractivity contribution in [3.63, 3.8) is 0 Å². The number of aliphatic hydroxyl groups is 1. The van der Waals surface area contributed by atoms with Gasteiger partial charge < -0.3 is 14.2 Å². The maximum atomic E-state index is 10.1. The number of hydrogen-bond donors (Lipinski definition) is 1. The normalized spacial score (nSPS) is 18.6. The molecular formula is C15H20N2O2. The van der Waals surface area contributed by atoms with Crippen LogP contribution in [-0.2, 0) is 13.0 Å². The van der Waals surface area contributed by atoms with Crippen molar-refractivity contribution < 1.29 is 9.63 Å². The molecular weight excluding hydrogens is 240 g/mol. The average molecular weight is 260 g/mol. The van der Waals surface area contributed by atoms with Gasteiger partial charge in [-0.1, -0.05) is 5.16 Å². The van der Waals surface area contributed by atoms with E-state index in [1.54, 1.807) is 0 Å². The third-order valence-electron chi connectivity index (χ3n) is 4.20.